The third kappa shape index (κ3) is 6.65. The molecule has 0 fully saturated rings. The van der Waals surface area contributed by atoms with Crippen molar-refractivity contribution in [3.8, 4) is 0 Å². The Morgan fingerprint density at radius 2 is 1.83 bits per heavy atom. The van der Waals surface area contributed by atoms with Crippen LogP contribution in [-0.2, 0) is 20.9 Å². The Balaban J connectivity index is 0.00000137. The summed E-state index contributed by atoms with van der Waals surface area (Å²) in [6.45, 7) is 4.13. The molecule has 0 aromatic heterocycles. The van der Waals surface area contributed by atoms with Crippen LogP contribution in [-0.4, -0.2) is 23.1 Å². The number of carboxylic acids is 1. The van der Waals surface area contributed by atoms with Gasteiger partial charge in [-0.25, -0.2) is 0 Å². The molecule has 0 aliphatic carbocycles. The minimum Gasteiger partial charge on any atom is -0.480 e. The van der Waals surface area contributed by atoms with Crippen molar-refractivity contribution in [1.82, 2.24) is 0 Å². The number of carbonyl (C=O) groups excluding carboxylic acids is 1. The van der Waals surface area contributed by atoms with Crippen molar-refractivity contribution in [3.05, 3.63) is 35.9 Å². The van der Waals surface area contributed by atoms with Gasteiger partial charge in [0.05, 0.1) is 6.42 Å². The molecule has 0 heterocycles. The van der Waals surface area contributed by atoms with Crippen LogP contribution >= 0.6 is 0 Å². The maximum absolute atomic E-state index is 11.2. The molecule has 3 N–H and O–H groups in total. The smallest absolute Gasteiger partial charge is 0.321 e. The number of carbonyl (C=O) groups is 2. The molecule has 0 spiro atoms. The lowest BCUT2D eigenvalue weighted by atomic mass is 10.2. The zero-order valence-corrected chi connectivity index (χ0v) is 10.6. The van der Waals surface area contributed by atoms with Crippen LogP contribution in [0, 0.1) is 0 Å². The van der Waals surface area contributed by atoms with Gasteiger partial charge in [-0.2, -0.15) is 0 Å². The van der Waals surface area contributed by atoms with Crippen LogP contribution in [0.25, 0.3) is 0 Å². The van der Waals surface area contributed by atoms with Crippen molar-refractivity contribution in [2.24, 2.45) is 5.73 Å². The lowest BCUT2D eigenvalue weighted by molar-refractivity contribution is -0.149. The standard InChI is InChI=1S/C11H13NO4.C2H6/c12-9(11(14)15)6-10(13)16-7-8-4-2-1-3-5-8;1-2/h1-5,9H,6-7,12H2,(H,14,15);1-2H3. The van der Waals surface area contributed by atoms with E-state index in [0.29, 0.717) is 0 Å². The number of benzene rings is 1. The van der Waals surface area contributed by atoms with Gasteiger partial charge in [-0.3, -0.25) is 9.59 Å². The molecular formula is C13H19NO4. The number of aliphatic carboxylic acids is 1. The molecule has 1 aromatic rings. The third-order valence-electron chi connectivity index (χ3n) is 1.95. The average molecular weight is 253 g/mol. The van der Waals surface area contributed by atoms with Crippen LogP contribution in [0.4, 0.5) is 0 Å². The van der Waals surface area contributed by atoms with Gasteiger partial charge in [0.25, 0.3) is 0 Å². The molecule has 0 saturated heterocycles. The normalized spacial score (nSPS) is 10.8. The first-order valence-electron chi connectivity index (χ1n) is 5.77. The second-order valence-corrected chi connectivity index (χ2v) is 3.30. The van der Waals surface area contributed by atoms with E-state index in [9.17, 15) is 9.59 Å². The Kier molecular flexibility index (Phi) is 8.22. The van der Waals surface area contributed by atoms with Gasteiger partial charge in [0, 0.05) is 0 Å². The number of ether oxygens (including phenoxy) is 1. The fourth-order valence-electron chi connectivity index (χ4n) is 1.06. The van der Waals surface area contributed by atoms with Crippen LogP contribution in [0.2, 0.25) is 0 Å². The first-order valence-corrected chi connectivity index (χ1v) is 5.77. The molecule has 5 heteroatoms. The molecule has 0 amide bonds. The maximum Gasteiger partial charge on any atom is 0.321 e. The zero-order chi connectivity index (χ0) is 14.0. The second kappa shape index (κ2) is 9.18. The molecule has 0 aliphatic heterocycles. The monoisotopic (exact) mass is 253 g/mol. The predicted octanol–water partition coefficient (Wildman–Crippen LogP) is 1.56. The SMILES string of the molecule is CC.NC(CC(=O)OCc1ccccc1)C(=O)O. The first kappa shape index (κ1) is 16.1. The van der Waals surface area contributed by atoms with E-state index < -0.39 is 18.0 Å². The number of hydrogen-bond acceptors (Lipinski definition) is 4. The van der Waals surface area contributed by atoms with E-state index in [-0.39, 0.29) is 13.0 Å². The van der Waals surface area contributed by atoms with E-state index >= 15 is 0 Å². The number of carboxylic acid groups (broad SMARTS) is 1. The number of esters is 1. The van der Waals surface area contributed by atoms with Crippen molar-refractivity contribution in [2.75, 3.05) is 0 Å². The summed E-state index contributed by atoms with van der Waals surface area (Å²) in [6.07, 6.45) is -0.317. The molecule has 100 valence electrons. The quantitative estimate of drug-likeness (QED) is 0.777. The molecule has 0 saturated carbocycles. The maximum atomic E-state index is 11.2. The Morgan fingerprint density at radius 3 is 2.33 bits per heavy atom. The van der Waals surface area contributed by atoms with Gasteiger partial charge in [0.2, 0.25) is 0 Å². The predicted molar refractivity (Wildman–Crippen MR) is 67.8 cm³/mol. The summed E-state index contributed by atoms with van der Waals surface area (Å²) in [5.41, 5.74) is 6.03. The fourth-order valence-corrected chi connectivity index (χ4v) is 1.06. The van der Waals surface area contributed by atoms with E-state index in [2.05, 4.69) is 0 Å². The third-order valence-corrected chi connectivity index (χ3v) is 1.95. The summed E-state index contributed by atoms with van der Waals surface area (Å²) in [7, 11) is 0. The number of hydrogen-bond donors (Lipinski definition) is 2. The largest absolute Gasteiger partial charge is 0.480 e. The van der Waals surface area contributed by atoms with Crippen LogP contribution in [0.5, 0.6) is 0 Å². The van der Waals surface area contributed by atoms with Crippen molar-refractivity contribution < 1.29 is 19.4 Å². The van der Waals surface area contributed by atoms with Crippen molar-refractivity contribution in [1.29, 1.82) is 0 Å². The molecule has 1 rings (SSSR count). The Morgan fingerprint density at radius 1 is 1.28 bits per heavy atom. The van der Waals surface area contributed by atoms with Gasteiger partial charge >= 0.3 is 11.9 Å². The molecule has 5 nitrogen and oxygen atoms in total. The molecule has 1 unspecified atom stereocenters. The number of nitrogens with two attached hydrogens (primary N) is 1. The summed E-state index contributed by atoms with van der Waals surface area (Å²) in [5, 5.41) is 8.48. The Labute approximate surface area is 107 Å². The van der Waals surface area contributed by atoms with E-state index in [1.807, 2.05) is 44.2 Å². The Bertz CT molecular complexity index is 365. The summed E-state index contributed by atoms with van der Waals surface area (Å²) in [6, 6.07) is 7.92. The topological polar surface area (TPSA) is 89.6 Å². The molecule has 1 aromatic carbocycles. The molecule has 0 radical (unpaired) electrons. The lowest BCUT2D eigenvalue weighted by Crippen LogP contribution is -2.33. The van der Waals surface area contributed by atoms with Crippen LogP contribution in [0.1, 0.15) is 25.8 Å². The highest BCUT2D eigenvalue weighted by molar-refractivity contribution is 5.81. The van der Waals surface area contributed by atoms with Gasteiger partial charge in [-0.1, -0.05) is 44.2 Å². The molecule has 1 atom stereocenters. The fraction of sp³-hybridized carbons (Fsp3) is 0.385. The first-order chi connectivity index (χ1) is 8.59. The highest BCUT2D eigenvalue weighted by atomic mass is 16.5. The van der Waals surface area contributed by atoms with E-state index in [4.69, 9.17) is 15.6 Å². The van der Waals surface area contributed by atoms with Crippen LogP contribution in [0.15, 0.2) is 30.3 Å². The second-order valence-electron chi connectivity index (χ2n) is 3.30. The minimum atomic E-state index is -1.21. The van der Waals surface area contributed by atoms with Crippen LogP contribution in [0.3, 0.4) is 0 Å². The van der Waals surface area contributed by atoms with Gasteiger partial charge in [0.15, 0.2) is 0 Å². The minimum absolute atomic E-state index is 0.131. The molecule has 18 heavy (non-hydrogen) atoms. The summed E-state index contributed by atoms with van der Waals surface area (Å²) >= 11 is 0. The molecular weight excluding hydrogens is 234 g/mol. The highest BCUT2D eigenvalue weighted by Crippen LogP contribution is 2.02. The highest BCUT2D eigenvalue weighted by Gasteiger charge is 2.17. The zero-order valence-electron chi connectivity index (χ0n) is 10.6. The summed E-state index contributed by atoms with van der Waals surface area (Å²) in [5.74, 6) is -1.82. The molecule has 0 bridgehead atoms. The van der Waals surface area contributed by atoms with E-state index in [1.54, 1.807) is 0 Å². The van der Waals surface area contributed by atoms with Gasteiger partial charge < -0.3 is 15.6 Å². The van der Waals surface area contributed by atoms with Gasteiger partial charge in [-0.15, -0.1) is 0 Å². The van der Waals surface area contributed by atoms with E-state index in [0.717, 1.165) is 5.56 Å². The van der Waals surface area contributed by atoms with Crippen molar-refractivity contribution >= 4 is 11.9 Å². The Hall–Kier alpha value is -1.88. The van der Waals surface area contributed by atoms with Gasteiger partial charge in [-0.05, 0) is 5.56 Å². The van der Waals surface area contributed by atoms with Crippen molar-refractivity contribution in [3.63, 3.8) is 0 Å². The number of rotatable bonds is 5. The summed E-state index contributed by atoms with van der Waals surface area (Å²) in [4.78, 5) is 21.5. The van der Waals surface area contributed by atoms with E-state index in [1.165, 1.54) is 0 Å². The molecule has 0 aliphatic rings. The lowest BCUT2D eigenvalue weighted by Gasteiger charge is -2.07. The van der Waals surface area contributed by atoms with Gasteiger partial charge in [0.1, 0.15) is 12.6 Å². The average Bonchev–Trinajstić information content (AvgIpc) is 2.40. The van der Waals surface area contributed by atoms with Crippen molar-refractivity contribution in [2.45, 2.75) is 32.9 Å². The van der Waals surface area contributed by atoms with Crippen LogP contribution < -0.4 is 5.73 Å². The summed E-state index contributed by atoms with van der Waals surface area (Å²) < 4.78 is 4.87.